The number of H-pyrrole nitrogens is 1. The first-order valence-corrected chi connectivity index (χ1v) is 6.51. The summed E-state index contributed by atoms with van der Waals surface area (Å²) in [5.41, 5.74) is 3.11. The SMILES string of the molecule is COC(=O)c1ccc(C)c(-c2c(CO)cc(C)[nH]c2=O)c1. The van der Waals surface area contributed by atoms with Crippen LogP contribution in [0.5, 0.6) is 0 Å². The highest BCUT2D eigenvalue weighted by Gasteiger charge is 2.15. The second-order valence-corrected chi connectivity index (χ2v) is 4.86. The Labute approximate surface area is 122 Å². The molecule has 0 aliphatic rings. The van der Waals surface area contributed by atoms with Gasteiger partial charge in [0.05, 0.1) is 24.8 Å². The molecule has 2 rings (SSSR count). The van der Waals surface area contributed by atoms with E-state index in [9.17, 15) is 14.7 Å². The van der Waals surface area contributed by atoms with Crippen molar-refractivity contribution in [1.29, 1.82) is 0 Å². The Morgan fingerprint density at radius 3 is 2.62 bits per heavy atom. The molecule has 0 atom stereocenters. The first kappa shape index (κ1) is 15.0. The molecule has 0 spiro atoms. The highest BCUT2D eigenvalue weighted by molar-refractivity contribution is 5.91. The zero-order chi connectivity index (χ0) is 15.6. The predicted octanol–water partition coefficient (Wildman–Crippen LogP) is 1.94. The molecule has 0 saturated carbocycles. The number of aliphatic hydroxyl groups is 1. The summed E-state index contributed by atoms with van der Waals surface area (Å²) in [5.74, 6) is -0.467. The monoisotopic (exact) mass is 287 g/mol. The topological polar surface area (TPSA) is 79.4 Å². The fourth-order valence-electron chi connectivity index (χ4n) is 2.31. The molecule has 2 N–H and O–H groups in total. The van der Waals surface area contributed by atoms with Crippen molar-refractivity contribution in [2.24, 2.45) is 0 Å². The van der Waals surface area contributed by atoms with Gasteiger partial charge in [-0.1, -0.05) is 6.07 Å². The minimum atomic E-state index is -0.467. The van der Waals surface area contributed by atoms with Crippen LogP contribution in [0.25, 0.3) is 11.1 Å². The molecule has 0 aliphatic heterocycles. The van der Waals surface area contributed by atoms with E-state index in [1.807, 2.05) is 6.92 Å². The van der Waals surface area contributed by atoms with E-state index >= 15 is 0 Å². The first-order chi connectivity index (χ1) is 9.97. The van der Waals surface area contributed by atoms with Crippen molar-refractivity contribution in [1.82, 2.24) is 4.98 Å². The van der Waals surface area contributed by atoms with Crippen LogP contribution in [0.1, 0.15) is 27.2 Å². The number of benzene rings is 1. The Morgan fingerprint density at radius 2 is 2.00 bits per heavy atom. The molecule has 0 fully saturated rings. The van der Waals surface area contributed by atoms with E-state index in [4.69, 9.17) is 4.74 Å². The number of nitrogens with one attached hydrogen (secondary N) is 1. The van der Waals surface area contributed by atoms with Crippen LogP contribution < -0.4 is 5.56 Å². The summed E-state index contributed by atoms with van der Waals surface area (Å²) < 4.78 is 4.70. The van der Waals surface area contributed by atoms with Crippen LogP contribution in [-0.4, -0.2) is 23.2 Å². The van der Waals surface area contributed by atoms with Gasteiger partial charge in [0.1, 0.15) is 0 Å². The lowest BCUT2D eigenvalue weighted by Gasteiger charge is -2.12. The maximum atomic E-state index is 12.2. The van der Waals surface area contributed by atoms with Crippen molar-refractivity contribution in [3.8, 4) is 11.1 Å². The number of aromatic nitrogens is 1. The number of carbonyl (C=O) groups excluding carboxylic acids is 1. The van der Waals surface area contributed by atoms with Crippen LogP contribution in [0.15, 0.2) is 29.1 Å². The van der Waals surface area contributed by atoms with Crippen LogP contribution in [0.4, 0.5) is 0 Å². The summed E-state index contributed by atoms with van der Waals surface area (Å²) in [6.45, 7) is 3.35. The summed E-state index contributed by atoms with van der Waals surface area (Å²) in [6, 6.07) is 6.73. The predicted molar refractivity (Wildman–Crippen MR) is 79.2 cm³/mol. The summed E-state index contributed by atoms with van der Waals surface area (Å²) >= 11 is 0. The molecule has 5 heteroatoms. The molecular formula is C16H17NO4. The number of aliphatic hydroxyl groups excluding tert-OH is 1. The molecule has 5 nitrogen and oxygen atoms in total. The van der Waals surface area contributed by atoms with Crippen molar-refractivity contribution < 1.29 is 14.6 Å². The van der Waals surface area contributed by atoms with Crippen molar-refractivity contribution >= 4 is 5.97 Å². The Bertz CT molecular complexity index is 746. The van der Waals surface area contributed by atoms with Crippen LogP contribution >= 0.6 is 0 Å². The van der Waals surface area contributed by atoms with Gasteiger partial charge in [-0.15, -0.1) is 0 Å². The molecule has 2 aromatic rings. The van der Waals surface area contributed by atoms with Gasteiger partial charge in [0.15, 0.2) is 0 Å². The maximum Gasteiger partial charge on any atom is 0.337 e. The molecule has 1 aromatic carbocycles. The maximum absolute atomic E-state index is 12.2. The van der Waals surface area contributed by atoms with Crippen LogP contribution in [0, 0.1) is 13.8 Å². The summed E-state index contributed by atoms with van der Waals surface area (Å²) in [5, 5.41) is 9.50. The minimum Gasteiger partial charge on any atom is -0.465 e. The second kappa shape index (κ2) is 5.93. The number of rotatable bonds is 3. The van der Waals surface area contributed by atoms with E-state index in [2.05, 4.69) is 4.98 Å². The van der Waals surface area contributed by atoms with E-state index < -0.39 is 5.97 Å². The van der Waals surface area contributed by atoms with E-state index in [0.717, 1.165) is 5.56 Å². The second-order valence-electron chi connectivity index (χ2n) is 4.86. The third kappa shape index (κ3) is 2.87. The zero-order valence-corrected chi connectivity index (χ0v) is 12.2. The van der Waals surface area contributed by atoms with Gasteiger partial charge in [0.25, 0.3) is 5.56 Å². The molecule has 21 heavy (non-hydrogen) atoms. The number of aryl methyl sites for hydroxylation is 2. The number of aromatic amines is 1. The highest BCUT2D eigenvalue weighted by atomic mass is 16.5. The molecule has 1 heterocycles. The number of esters is 1. The average Bonchev–Trinajstić information content (AvgIpc) is 2.46. The highest BCUT2D eigenvalue weighted by Crippen LogP contribution is 2.25. The van der Waals surface area contributed by atoms with Gasteiger partial charge in [-0.05, 0) is 48.7 Å². The fraction of sp³-hybridized carbons (Fsp3) is 0.250. The van der Waals surface area contributed by atoms with Gasteiger partial charge in [0, 0.05) is 5.69 Å². The molecule has 0 bridgehead atoms. The molecule has 0 radical (unpaired) electrons. The smallest absolute Gasteiger partial charge is 0.337 e. The Hall–Kier alpha value is -2.40. The van der Waals surface area contributed by atoms with Crippen molar-refractivity contribution in [3.63, 3.8) is 0 Å². The largest absolute Gasteiger partial charge is 0.465 e. The lowest BCUT2D eigenvalue weighted by atomic mass is 9.95. The quantitative estimate of drug-likeness (QED) is 0.845. The van der Waals surface area contributed by atoms with Gasteiger partial charge in [-0.2, -0.15) is 0 Å². The number of hydrogen-bond donors (Lipinski definition) is 2. The first-order valence-electron chi connectivity index (χ1n) is 6.51. The molecule has 110 valence electrons. The van der Waals surface area contributed by atoms with E-state index in [0.29, 0.717) is 27.9 Å². The molecule has 0 saturated heterocycles. The standard InChI is InChI=1S/C16H17NO4/c1-9-4-5-11(16(20)21-3)7-13(9)14-12(8-18)6-10(2)17-15(14)19/h4-7,18H,8H2,1-3H3,(H,17,19). The van der Waals surface area contributed by atoms with Gasteiger partial charge >= 0.3 is 5.97 Å². The number of methoxy groups -OCH3 is 1. The lowest BCUT2D eigenvalue weighted by molar-refractivity contribution is 0.0601. The molecule has 0 unspecified atom stereocenters. The van der Waals surface area contributed by atoms with Gasteiger partial charge in [-0.3, -0.25) is 4.79 Å². The van der Waals surface area contributed by atoms with Crippen molar-refractivity contribution in [3.05, 3.63) is 57.0 Å². The molecule has 0 amide bonds. The lowest BCUT2D eigenvalue weighted by Crippen LogP contribution is -2.14. The van der Waals surface area contributed by atoms with Gasteiger partial charge in [0.2, 0.25) is 0 Å². The van der Waals surface area contributed by atoms with Crippen molar-refractivity contribution in [2.75, 3.05) is 7.11 Å². The van der Waals surface area contributed by atoms with Gasteiger partial charge in [-0.25, -0.2) is 4.79 Å². The Balaban J connectivity index is 2.72. The average molecular weight is 287 g/mol. The minimum absolute atomic E-state index is 0.248. The van der Waals surface area contributed by atoms with E-state index in [1.165, 1.54) is 7.11 Å². The van der Waals surface area contributed by atoms with E-state index in [-0.39, 0.29) is 12.2 Å². The van der Waals surface area contributed by atoms with Crippen molar-refractivity contribution in [2.45, 2.75) is 20.5 Å². The number of ether oxygens (including phenoxy) is 1. The zero-order valence-electron chi connectivity index (χ0n) is 12.2. The summed E-state index contributed by atoms with van der Waals surface area (Å²) in [7, 11) is 1.31. The fourth-order valence-corrected chi connectivity index (χ4v) is 2.31. The van der Waals surface area contributed by atoms with E-state index in [1.54, 1.807) is 31.2 Å². The normalized spacial score (nSPS) is 10.5. The molecular weight excluding hydrogens is 270 g/mol. The Kier molecular flexibility index (Phi) is 4.23. The third-order valence-electron chi connectivity index (χ3n) is 3.35. The third-order valence-corrected chi connectivity index (χ3v) is 3.35. The number of carbonyl (C=O) groups is 1. The number of hydrogen-bond acceptors (Lipinski definition) is 4. The Morgan fingerprint density at radius 1 is 1.29 bits per heavy atom. The van der Waals surface area contributed by atoms with Crippen LogP contribution in [0.2, 0.25) is 0 Å². The molecule has 0 aliphatic carbocycles. The molecule has 1 aromatic heterocycles. The van der Waals surface area contributed by atoms with Crippen LogP contribution in [0.3, 0.4) is 0 Å². The summed E-state index contributed by atoms with van der Waals surface area (Å²) in [4.78, 5) is 26.6. The van der Waals surface area contributed by atoms with Crippen LogP contribution in [-0.2, 0) is 11.3 Å². The number of pyridine rings is 1. The van der Waals surface area contributed by atoms with Gasteiger partial charge < -0.3 is 14.8 Å². The summed E-state index contributed by atoms with van der Waals surface area (Å²) in [6.07, 6.45) is 0.